The van der Waals surface area contributed by atoms with Crippen LogP contribution in [-0.2, 0) is 0 Å². The van der Waals surface area contributed by atoms with E-state index in [9.17, 15) is 0 Å². The molecule has 3 aromatic rings. The second kappa shape index (κ2) is 7.06. The first-order chi connectivity index (χ1) is 14.0. The van der Waals surface area contributed by atoms with Gasteiger partial charge in [-0.2, -0.15) is 0 Å². The molecule has 3 heterocycles. The molecule has 1 aliphatic heterocycles. The summed E-state index contributed by atoms with van der Waals surface area (Å²) < 4.78 is 1.98. The molecule has 1 saturated carbocycles. The molecule has 1 spiro atoms. The Kier molecular flexibility index (Phi) is 4.63. The van der Waals surface area contributed by atoms with Crippen molar-refractivity contribution < 1.29 is 0 Å². The fraction of sp³-hybridized carbons (Fsp3) is 0.455. The molecule has 0 unspecified atom stereocenters. The standard InChI is InChI=1S/C22H25Cl2N5/c1-14-4-3-7-22(14)8-10-28(11-9-22)21-17-12-26-13-29(17)19(20(25)27-21)15-5-2-6-16(23)18(15)24/h2,5-6,12-14H,3-4,7-11,25H2,1H3/t14-/m1/s1. The predicted molar refractivity (Wildman–Crippen MR) is 120 cm³/mol. The van der Waals surface area contributed by atoms with Gasteiger partial charge in [0, 0.05) is 18.7 Å². The Morgan fingerprint density at radius 3 is 2.69 bits per heavy atom. The number of halogens is 2. The van der Waals surface area contributed by atoms with E-state index in [1.54, 1.807) is 12.4 Å². The van der Waals surface area contributed by atoms with E-state index in [4.69, 9.17) is 33.9 Å². The maximum atomic E-state index is 6.48. The van der Waals surface area contributed by atoms with Gasteiger partial charge in [0.1, 0.15) is 5.52 Å². The molecule has 1 saturated heterocycles. The van der Waals surface area contributed by atoms with Gasteiger partial charge in [0.15, 0.2) is 11.6 Å². The summed E-state index contributed by atoms with van der Waals surface area (Å²) in [6, 6.07) is 5.55. The van der Waals surface area contributed by atoms with Gasteiger partial charge in [-0.25, -0.2) is 9.97 Å². The molecule has 2 aromatic heterocycles. The van der Waals surface area contributed by atoms with Gasteiger partial charge in [0.2, 0.25) is 0 Å². The van der Waals surface area contributed by atoms with E-state index in [-0.39, 0.29) is 0 Å². The third-order valence-corrected chi connectivity index (χ3v) is 8.02. The molecular formula is C22H25Cl2N5. The molecule has 1 aliphatic carbocycles. The van der Waals surface area contributed by atoms with Gasteiger partial charge in [-0.3, -0.25) is 4.40 Å². The number of hydrogen-bond donors (Lipinski definition) is 1. The smallest absolute Gasteiger partial charge is 0.157 e. The zero-order valence-corrected chi connectivity index (χ0v) is 18.0. The fourth-order valence-corrected chi connectivity index (χ4v) is 5.78. The quantitative estimate of drug-likeness (QED) is 0.567. The molecule has 2 N–H and O–H groups in total. The molecule has 7 heteroatoms. The Morgan fingerprint density at radius 2 is 1.97 bits per heavy atom. The summed E-state index contributed by atoms with van der Waals surface area (Å²) in [6.45, 7) is 4.45. The highest BCUT2D eigenvalue weighted by atomic mass is 35.5. The molecule has 0 radical (unpaired) electrons. The van der Waals surface area contributed by atoms with Gasteiger partial charge in [0.05, 0.1) is 28.3 Å². The fourth-order valence-electron chi connectivity index (χ4n) is 5.39. The number of anilines is 2. The number of hydrogen-bond acceptors (Lipinski definition) is 4. The molecule has 2 aliphatic rings. The van der Waals surface area contributed by atoms with Crippen LogP contribution in [0.2, 0.25) is 10.0 Å². The number of aromatic nitrogens is 3. The minimum Gasteiger partial charge on any atom is -0.382 e. The molecule has 152 valence electrons. The van der Waals surface area contributed by atoms with Gasteiger partial charge in [-0.05, 0) is 36.7 Å². The van der Waals surface area contributed by atoms with Gasteiger partial charge in [0.25, 0.3) is 0 Å². The third-order valence-electron chi connectivity index (χ3n) is 7.20. The highest BCUT2D eigenvalue weighted by molar-refractivity contribution is 6.43. The van der Waals surface area contributed by atoms with Crippen LogP contribution in [0.1, 0.15) is 39.0 Å². The number of fused-ring (bicyclic) bond motifs is 1. The van der Waals surface area contributed by atoms with Crippen LogP contribution in [0.4, 0.5) is 11.6 Å². The van der Waals surface area contributed by atoms with Gasteiger partial charge >= 0.3 is 0 Å². The van der Waals surface area contributed by atoms with Crippen molar-refractivity contribution in [3.05, 3.63) is 40.8 Å². The zero-order chi connectivity index (χ0) is 20.2. The van der Waals surface area contributed by atoms with Crippen LogP contribution in [-0.4, -0.2) is 27.5 Å². The van der Waals surface area contributed by atoms with E-state index < -0.39 is 0 Å². The normalized spacial score (nSPS) is 21.3. The molecular weight excluding hydrogens is 405 g/mol. The lowest BCUT2D eigenvalue weighted by Gasteiger charge is -2.43. The van der Waals surface area contributed by atoms with Crippen molar-refractivity contribution in [1.29, 1.82) is 0 Å². The molecule has 2 fully saturated rings. The highest BCUT2D eigenvalue weighted by Crippen LogP contribution is 2.51. The van der Waals surface area contributed by atoms with Crippen molar-refractivity contribution in [3.63, 3.8) is 0 Å². The zero-order valence-electron chi connectivity index (χ0n) is 16.5. The number of benzene rings is 1. The maximum absolute atomic E-state index is 6.48. The van der Waals surface area contributed by atoms with E-state index >= 15 is 0 Å². The summed E-state index contributed by atoms with van der Waals surface area (Å²) in [5.41, 5.74) is 9.41. The first-order valence-corrected chi connectivity index (χ1v) is 11.1. The second-order valence-corrected chi connectivity index (χ2v) is 9.35. The minimum absolute atomic E-state index is 0.434. The van der Waals surface area contributed by atoms with Crippen molar-refractivity contribution in [1.82, 2.24) is 14.4 Å². The van der Waals surface area contributed by atoms with Crippen molar-refractivity contribution >= 4 is 40.4 Å². The predicted octanol–water partition coefficient (Wildman–Crippen LogP) is 5.69. The summed E-state index contributed by atoms with van der Waals surface area (Å²) in [5.74, 6) is 2.16. The largest absolute Gasteiger partial charge is 0.382 e. The van der Waals surface area contributed by atoms with E-state index in [0.29, 0.717) is 21.3 Å². The lowest BCUT2D eigenvalue weighted by Crippen LogP contribution is -2.42. The molecule has 1 aromatic carbocycles. The summed E-state index contributed by atoms with van der Waals surface area (Å²) >= 11 is 12.7. The molecule has 5 nitrogen and oxygen atoms in total. The highest BCUT2D eigenvalue weighted by Gasteiger charge is 2.42. The monoisotopic (exact) mass is 429 g/mol. The van der Waals surface area contributed by atoms with Gasteiger partial charge < -0.3 is 10.6 Å². The van der Waals surface area contributed by atoms with Crippen LogP contribution < -0.4 is 10.6 Å². The topological polar surface area (TPSA) is 59.5 Å². The van der Waals surface area contributed by atoms with E-state index in [2.05, 4.69) is 16.8 Å². The molecule has 1 atom stereocenters. The SMILES string of the molecule is C[C@@H]1CCCC12CCN(c1nc(N)c(-c3cccc(Cl)c3Cl)n3cncc13)CC2. The molecule has 5 rings (SSSR count). The van der Waals surface area contributed by atoms with Crippen LogP contribution >= 0.6 is 23.2 Å². The number of nitrogens with zero attached hydrogens (tertiary/aromatic N) is 4. The van der Waals surface area contributed by atoms with Crippen LogP contribution in [0.25, 0.3) is 16.8 Å². The van der Waals surface area contributed by atoms with E-state index in [1.807, 2.05) is 22.7 Å². The first-order valence-electron chi connectivity index (χ1n) is 10.3. The minimum atomic E-state index is 0.434. The Labute approximate surface area is 180 Å². The van der Waals surface area contributed by atoms with Crippen LogP contribution in [0, 0.1) is 11.3 Å². The number of imidazole rings is 1. The van der Waals surface area contributed by atoms with Gasteiger partial charge in [-0.15, -0.1) is 0 Å². The Morgan fingerprint density at radius 1 is 1.17 bits per heavy atom. The number of nitrogens with two attached hydrogens (primary N) is 1. The number of rotatable bonds is 2. The maximum Gasteiger partial charge on any atom is 0.157 e. The summed E-state index contributed by atoms with van der Waals surface area (Å²) in [7, 11) is 0. The van der Waals surface area contributed by atoms with Crippen LogP contribution in [0.5, 0.6) is 0 Å². The Balaban J connectivity index is 1.54. The Bertz CT molecular complexity index is 1070. The molecule has 0 amide bonds. The number of piperidine rings is 1. The van der Waals surface area contributed by atoms with Gasteiger partial charge in [-0.1, -0.05) is 55.1 Å². The number of nitrogen functional groups attached to an aromatic ring is 1. The molecule has 0 bridgehead atoms. The van der Waals surface area contributed by atoms with Crippen LogP contribution in [0.3, 0.4) is 0 Å². The van der Waals surface area contributed by atoms with Crippen molar-refractivity contribution in [2.75, 3.05) is 23.7 Å². The van der Waals surface area contributed by atoms with Crippen molar-refractivity contribution in [3.8, 4) is 11.3 Å². The van der Waals surface area contributed by atoms with E-state index in [1.165, 1.54) is 32.1 Å². The van der Waals surface area contributed by atoms with Crippen molar-refractivity contribution in [2.24, 2.45) is 11.3 Å². The average molecular weight is 430 g/mol. The lowest BCUT2D eigenvalue weighted by atomic mass is 9.71. The summed E-state index contributed by atoms with van der Waals surface area (Å²) in [4.78, 5) is 11.6. The lowest BCUT2D eigenvalue weighted by molar-refractivity contribution is 0.161. The average Bonchev–Trinajstić information content (AvgIpc) is 3.33. The Hall–Kier alpha value is -1.98. The summed E-state index contributed by atoms with van der Waals surface area (Å²) in [5, 5.41) is 0.966. The van der Waals surface area contributed by atoms with Crippen molar-refractivity contribution in [2.45, 2.75) is 39.0 Å². The second-order valence-electron chi connectivity index (χ2n) is 8.56. The van der Waals surface area contributed by atoms with Crippen LogP contribution in [0.15, 0.2) is 30.7 Å². The first kappa shape index (κ1) is 19.0. The third kappa shape index (κ3) is 2.98. The molecule has 29 heavy (non-hydrogen) atoms. The van der Waals surface area contributed by atoms with E-state index in [0.717, 1.165) is 41.6 Å². The summed E-state index contributed by atoms with van der Waals surface area (Å²) in [6.07, 6.45) is 10.2.